The Kier molecular flexibility index (Phi) is 3.50. The highest BCUT2D eigenvalue weighted by atomic mass is 16.5. The topological polar surface area (TPSA) is 58.6 Å². The summed E-state index contributed by atoms with van der Waals surface area (Å²) in [6.07, 6.45) is 0.731. The van der Waals surface area contributed by atoms with Crippen molar-refractivity contribution < 1.29 is 14.3 Å². The Morgan fingerprint density at radius 2 is 2.28 bits per heavy atom. The zero-order valence-electron chi connectivity index (χ0n) is 10.5. The average molecular weight is 248 g/mol. The highest BCUT2D eigenvalue weighted by Crippen LogP contribution is 2.31. The number of ether oxygens (including phenoxy) is 1. The number of anilines is 1. The van der Waals surface area contributed by atoms with Gasteiger partial charge in [0, 0.05) is 20.5 Å². The highest BCUT2D eigenvalue weighted by molar-refractivity contribution is 5.97. The molecule has 0 saturated heterocycles. The molecular weight excluding hydrogens is 232 g/mol. The Labute approximate surface area is 106 Å². The summed E-state index contributed by atoms with van der Waals surface area (Å²) >= 11 is 0. The fraction of sp³-hybridized carbons (Fsp3) is 0.385. The molecule has 2 amide bonds. The molecule has 1 aliphatic rings. The average Bonchev–Trinajstić information content (AvgIpc) is 2.34. The van der Waals surface area contributed by atoms with Crippen LogP contribution >= 0.6 is 0 Å². The van der Waals surface area contributed by atoms with Gasteiger partial charge >= 0.3 is 0 Å². The van der Waals surface area contributed by atoms with Crippen LogP contribution < -0.4 is 15.0 Å². The smallest absolute Gasteiger partial charge is 0.264 e. The molecule has 96 valence electrons. The molecule has 5 nitrogen and oxygen atoms in total. The lowest BCUT2D eigenvalue weighted by Crippen LogP contribution is -2.35. The van der Waals surface area contributed by atoms with Crippen LogP contribution in [0.1, 0.15) is 12.5 Å². The van der Waals surface area contributed by atoms with Gasteiger partial charge in [-0.3, -0.25) is 9.59 Å². The Morgan fingerprint density at radius 3 is 3.00 bits per heavy atom. The van der Waals surface area contributed by atoms with Crippen LogP contribution in [0.2, 0.25) is 0 Å². The maximum absolute atomic E-state index is 11.5. The van der Waals surface area contributed by atoms with Crippen LogP contribution in [0, 0.1) is 0 Å². The van der Waals surface area contributed by atoms with Gasteiger partial charge in [-0.05, 0) is 24.1 Å². The number of amides is 2. The molecule has 0 saturated carbocycles. The number of hydrogen-bond acceptors (Lipinski definition) is 3. The SMILES string of the molecule is CC(=O)NCCc1ccc2c(c1)N(C)C(=O)CO2. The van der Waals surface area contributed by atoms with E-state index >= 15 is 0 Å². The Hall–Kier alpha value is -2.04. The van der Waals surface area contributed by atoms with E-state index in [0.717, 1.165) is 23.4 Å². The van der Waals surface area contributed by atoms with Crippen molar-refractivity contribution in [3.63, 3.8) is 0 Å². The van der Waals surface area contributed by atoms with Crippen LogP contribution in [0.4, 0.5) is 5.69 Å². The second kappa shape index (κ2) is 5.08. The molecule has 0 radical (unpaired) electrons. The van der Waals surface area contributed by atoms with Crippen LogP contribution in [0.25, 0.3) is 0 Å². The minimum atomic E-state index is -0.0542. The Bertz CT molecular complexity index is 485. The number of hydrogen-bond donors (Lipinski definition) is 1. The molecule has 0 unspecified atom stereocenters. The van der Waals surface area contributed by atoms with E-state index in [1.54, 1.807) is 11.9 Å². The van der Waals surface area contributed by atoms with E-state index in [0.29, 0.717) is 6.54 Å². The van der Waals surface area contributed by atoms with Crippen LogP contribution in [0.5, 0.6) is 5.75 Å². The van der Waals surface area contributed by atoms with Crippen LogP contribution in [-0.2, 0) is 16.0 Å². The fourth-order valence-electron chi connectivity index (χ4n) is 1.86. The second-order valence-electron chi connectivity index (χ2n) is 4.28. The van der Waals surface area contributed by atoms with Crippen LogP contribution in [0.3, 0.4) is 0 Å². The summed E-state index contributed by atoms with van der Waals surface area (Å²) in [6.45, 7) is 2.18. The molecule has 0 aliphatic carbocycles. The molecule has 2 rings (SSSR count). The van der Waals surface area contributed by atoms with E-state index in [4.69, 9.17) is 4.74 Å². The van der Waals surface area contributed by atoms with Gasteiger partial charge in [0.1, 0.15) is 5.75 Å². The van der Waals surface area contributed by atoms with Gasteiger partial charge in [-0.2, -0.15) is 0 Å². The van der Waals surface area contributed by atoms with Crippen molar-refractivity contribution in [1.29, 1.82) is 0 Å². The van der Waals surface area contributed by atoms with Gasteiger partial charge in [-0.15, -0.1) is 0 Å². The molecule has 5 heteroatoms. The first-order valence-corrected chi connectivity index (χ1v) is 5.84. The predicted molar refractivity (Wildman–Crippen MR) is 67.7 cm³/mol. The van der Waals surface area contributed by atoms with Gasteiger partial charge in [0.05, 0.1) is 5.69 Å². The molecule has 0 atom stereocenters. The first-order valence-electron chi connectivity index (χ1n) is 5.84. The van der Waals surface area contributed by atoms with Crippen molar-refractivity contribution in [3.8, 4) is 5.75 Å². The van der Waals surface area contributed by atoms with Gasteiger partial charge in [0.2, 0.25) is 5.91 Å². The van der Waals surface area contributed by atoms with Crippen molar-refractivity contribution in [2.75, 3.05) is 25.1 Å². The monoisotopic (exact) mass is 248 g/mol. The molecule has 18 heavy (non-hydrogen) atoms. The van der Waals surface area contributed by atoms with E-state index in [2.05, 4.69) is 5.32 Å². The Morgan fingerprint density at radius 1 is 1.50 bits per heavy atom. The third-order valence-corrected chi connectivity index (χ3v) is 2.90. The van der Waals surface area contributed by atoms with Crippen molar-refractivity contribution in [2.45, 2.75) is 13.3 Å². The molecule has 1 heterocycles. The number of carbonyl (C=O) groups is 2. The zero-order valence-corrected chi connectivity index (χ0v) is 10.5. The second-order valence-corrected chi connectivity index (χ2v) is 4.28. The molecule has 0 fully saturated rings. The van der Waals surface area contributed by atoms with E-state index in [1.807, 2.05) is 18.2 Å². The molecule has 1 N–H and O–H groups in total. The lowest BCUT2D eigenvalue weighted by molar-refractivity contribution is -0.121. The summed E-state index contributed by atoms with van der Waals surface area (Å²) in [5.41, 5.74) is 1.85. The number of carbonyl (C=O) groups excluding carboxylic acids is 2. The van der Waals surface area contributed by atoms with Crippen molar-refractivity contribution in [2.24, 2.45) is 0 Å². The third kappa shape index (κ3) is 2.61. The van der Waals surface area contributed by atoms with Gasteiger partial charge in [-0.1, -0.05) is 6.07 Å². The van der Waals surface area contributed by atoms with Gasteiger partial charge < -0.3 is 15.0 Å². The summed E-state index contributed by atoms with van der Waals surface area (Å²) < 4.78 is 5.34. The fourth-order valence-corrected chi connectivity index (χ4v) is 1.86. The van der Waals surface area contributed by atoms with Crippen molar-refractivity contribution >= 4 is 17.5 Å². The molecule has 0 bridgehead atoms. The molecule has 0 aromatic heterocycles. The van der Waals surface area contributed by atoms with Crippen molar-refractivity contribution in [3.05, 3.63) is 23.8 Å². The zero-order chi connectivity index (χ0) is 13.1. The van der Waals surface area contributed by atoms with E-state index in [1.165, 1.54) is 6.92 Å². The standard InChI is InChI=1S/C13H16N2O3/c1-9(16)14-6-5-10-3-4-12-11(7-10)15(2)13(17)8-18-12/h3-4,7H,5-6,8H2,1-2H3,(H,14,16). The minimum absolute atomic E-state index is 0.0383. The molecule has 1 aliphatic heterocycles. The summed E-state index contributed by atoms with van der Waals surface area (Å²) in [6, 6.07) is 5.74. The number of benzene rings is 1. The number of rotatable bonds is 3. The Balaban J connectivity index is 2.11. The molecule has 1 aromatic rings. The largest absolute Gasteiger partial charge is 0.482 e. The van der Waals surface area contributed by atoms with Crippen molar-refractivity contribution in [1.82, 2.24) is 5.32 Å². The molecular formula is C13H16N2O3. The number of nitrogens with one attached hydrogen (secondary N) is 1. The quantitative estimate of drug-likeness (QED) is 0.857. The van der Waals surface area contributed by atoms with Gasteiger partial charge in [0.25, 0.3) is 5.91 Å². The maximum Gasteiger partial charge on any atom is 0.264 e. The first-order chi connectivity index (χ1) is 8.58. The first kappa shape index (κ1) is 12.4. The van der Waals surface area contributed by atoms with Gasteiger partial charge in [-0.25, -0.2) is 0 Å². The van der Waals surface area contributed by atoms with E-state index in [9.17, 15) is 9.59 Å². The molecule has 1 aromatic carbocycles. The highest BCUT2D eigenvalue weighted by Gasteiger charge is 2.22. The number of nitrogens with zero attached hydrogens (tertiary/aromatic N) is 1. The number of likely N-dealkylation sites (N-methyl/N-ethyl adjacent to an activating group) is 1. The number of fused-ring (bicyclic) bond motifs is 1. The predicted octanol–water partition coefficient (Wildman–Crippen LogP) is 0.720. The van der Waals surface area contributed by atoms with Gasteiger partial charge in [0.15, 0.2) is 6.61 Å². The van der Waals surface area contributed by atoms with E-state index in [-0.39, 0.29) is 18.4 Å². The normalized spacial score (nSPS) is 13.9. The maximum atomic E-state index is 11.5. The minimum Gasteiger partial charge on any atom is -0.482 e. The van der Waals surface area contributed by atoms with Crippen LogP contribution in [-0.4, -0.2) is 32.0 Å². The summed E-state index contributed by atoms with van der Waals surface area (Å²) in [7, 11) is 1.74. The molecule has 0 spiro atoms. The third-order valence-electron chi connectivity index (χ3n) is 2.90. The van der Waals surface area contributed by atoms with E-state index < -0.39 is 0 Å². The summed E-state index contributed by atoms with van der Waals surface area (Å²) in [4.78, 5) is 23.9. The summed E-state index contributed by atoms with van der Waals surface area (Å²) in [5, 5.41) is 2.74. The summed E-state index contributed by atoms with van der Waals surface area (Å²) in [5.74, 6) is 0.630. The lowest BCUT2D eigenvalue weighted by Gasteiger charge is -2.26. The van der Waals surface area contributed by atoms with Crippen LogP contribution in [0.15, 0.2) is 18.2 Å². The lowest BCUT2D eigenvalue weighted by atomic mass is 10.1.